The maximum absolute atomic E-state index is 5.90. The van der Waals surface area contributed by atoms with Gasteiger partial charge in [0, 0.05) is 24.6 Å². The Labute approximate surface area is 107 Å². The monoisotopic (exact) mass is 242 g/mol. The molecule has 18 heavy (non-hydrogen) atoms. The highest BCUT2D eigenvalue weighted by Gasteiger charge is 2.39. The van der Waals surface area contributed by atoms with Gasteiger partial charge >= 0.3 is 0 Å². The molecule has 2 N–H and O–H groups in total. The molecule has 0 atom stereocenters. The van der Waals surface area contributed by atoms with Gasteiger partial charge in [-0.25, -0.2) is 0 Å². The summed E-state index contributed by atoms with van der Waals surface area (Å²) in [5, 5.41) is 8.18. The van der Waals surface area contributed by atoms with E-state index in [-0.39, 0.29) is 5.41 Å². The third-order valence-corrected chi connectivity index (χ3v) is 4.11. The van der Waals surface area contributed by atoms with Crippen LogP contribution in [0.15, 0.2) is 30.6 Å². The summed E-state index contributed by atoms with van der Waals surface area (Å²) in [7, 11) is 2.00. The molecule has 4 nitrogen and oxygen atoms in total. The molecule has 2 aromatic rings. The fourth-order valence-electron chi connectivity index (χ4n) is 2.81. The molecule has 0 saturated heterocycles. The molecule has 1 aliphatic rings. The van der Waals surface area contributed by atoms with Gasteiger partial charge in [0.05, 0.1) is 0 Å². The molecule has 4 heteroatoms. The Morgan fingerprint density at radius 1 is 1.39 bits per heavy atom. The Kier molecular flexibility index (Phi) is 2.58. The van der Waals surface area contributed by atoms with Crippen LogP contribution in [0, 0.1) is 0 Å². The molecule has 1 aromatic heterocycles. The molecule has 1 heterocycles. The van der Waals surface area contributed by atoms with Crippen molar-refractivity contribution in [2.24, 2.45) is 7.05 Å². The minimum absolute atomic E-state index is 0.218. The van der Waals surface area contributed by atoms with Gasteiger partial charge in [-0.2, -0.15) is 0 Å². The van der Waals surface area contributed by atoms with Crippen LogP contribution in [-0.2, 0) is 18.9 Å². The number of rotatable bonds is 3. The van der Waals surface area contributed by atoms with Crippen LogP contribution in [-0.4, -0.2) is 14.8 Å². The second-order valence-electron chi connectivity index (χ2n) is 5.29. The third kappa shape index (κ3) is 1.78. The number of hydrogen-bond acceptors (Lipinski definition) is 3. The van der Waals surface area contributed by atoms with Crippen molar-refractivity contribution in [1.29, 1.82) is 0 Å². The van der Waals surface area contributed by atoms with Gasteiger partial charge in [-0.05, 0) is 30.5 Å². The average molecular weight is 242 g/mol. The van der Waals surface area contributed by atoms with E-state index in [1.165, 1.54) is 24.8 Å². The fourth-order valence-corrected chi connectivity index (χ4v) is 2.81. The van der Waals surface area contributed by atoms with Crippen LogP contribution in [0.1, 0.15) is 30.7 Å². The molecule has 0 aliphatic heterocycles. The van der Waals surface area contributed by atoms with Crippen molar-refractivity contribution in [3.63, 3.8) is 0 Å². The molecule has 0 unspecified atom stereocenters. The first-order chi connectivity index (χ1) is 8.70. The number of benzene rings is 1. The van der Waals surface area contributed by atoms with Crippen LogP contribution in [0.4, 0.5) is 5.69 Å². The minimum Gasteiger partial charge on any atom is -0.399 e. The van der Waals surface area contributed by atoms with Gasteiger partial charge in [0.1, 0.15) is 12.2 Å². The Morgan fingerprint density at radius 3 is 2.78 bits per heavy atom. The summed E-state index contributed by atoms with van der Waals surface area (Å²) in [6.45, 7) is 0. The Morgan fingerprint density at radius 2 is 2.22 bits per heavy atom. The fraction of sp³-hybridized carbons (Fsp3) is 0.429. The Bertz CT molecular complexity index is 554. The van der Waals surface area contributed by atoms with Crippen molar-refractivity contribution in [2.45, 2.75) is 31.1 Å². The summed E-state index contributed by atoms with van der Waals surface area (Å²) >= 11 is 0. The molecule has 1 fully saturated rings. The van der Waals surface area contributed by atoms with Crippen molar-refractivity contribution >= 4 is 5.69 Å². The zero-order valence-corrected chi connectivity index (χ0v) is 10.6. The molecule has 1 saturated carbocycles. The molecule has 0 bridgehead atoms. The number of aryl methyl sites for hydroxylation is 1. The molecule has 94 valence electrons. The van der Waals surface area contributed by atoms with E-state index in [2.05, 4.69) is 22.3 Å². The lowest BCUT2D eigenvalue weighted by atomic mass is 9.62. The van der Waals surface area contributed by atoms with Crippen LogP contribution in [0.3, 0.4) is 0 Å². The second kappa shape index (κ2) is 4.12. The van der Waals surface area contributed by atoms with E-state index >= 15 is 0 Å². The third-order valence-electron chi connectivity index (χ3n) is 4.11. The molecule has 1 aliphatic carbocycles. The van der Waals surface area contributed by atoms with Gasteiger partial charge < -0.3 is 10.3 Å². The summed E-state index contributed by atoms with van der Waals surface area (Å²) < 4.78 is 2.01. The molecular formula is C14H18N4. The number of nitrogens with zero attached hydrogens (tertiary/aromatic N) is 3. The molecule has 0 radical (unpaired) electrons. The minimum atomic E-state index is 0.218. The number of hydrogen-bond donors (Lipinski definition) is 1. The zero-order chi connectivity index (χ0) is 12.6. The maximum Gasteiger partial charge on any atom is 0.133 e. The Balaban J connectivity index is 1.93. The molecule has 1 aromatic carbocycles. The smallest absolute Gasteiger partial charge is 0.133 e. The van der Waals surface area contributed by atoms with Crippen LogP contribution in [0.2, 0.25) is 0 Å². The van der Waals surface area contributed by atoms with E-state index in [0.29, 0.717) is 0 Å². The van der Waals surface area contributed by atoms with Gasteiger partial charge in [-0.15, -0.1) is 10.2 Å². The predicted molar refractivity (Wildman–Crippen MR) is 71.1 cm³/mol. The van der Waals surface area contributed by atoms with E-state index < -0.39 is 0 Å². The van der Waals surface area contributed by atoms with Gasteiger partial charge in [-0.3, -0.25) is 0 Å². The van der Waals surface area contributed by atoms with Crippen molar-refractivity contribution in [1.82, 2.24) is 14.8 Å². The van der Waals surface area contributed by atoms with Gasteiger partial charge in [0.15, 0.2) is 0 Å². The first kappa shape index (κ1) is 11.3. The Hall–Kier alpha value is -1.84. The van der Waals surface area contributed by atoms with Crippen molar-refractivity contribution in [2.75, 3.05) is 5.73 Å². The zero-order valence-electron chi connectivity index (χ0n) is 10.6. The van der Waals surface area contributed by atoms with Gasteiger partial charge in [0.25, 0.3) is 0 Å². The van der Waals surface area contributed by atoms with Crippen molar-refractivity contribution in [3.05, 3.63) is 42.0 Å². The van der Waals surface area contributed by atoms with Crippen LogP contribution < -0.4 is 5.73 Å². The summed E-state index contributed by atoms with van der Waals surface area (Å²) in [6, 6.07) is 8.28. The van der Waals surface area contributed by atoms with E-state index in [1.54, 1.807) is 6.33 Å². The first-order valence-corrected chi connectivity index (χ1v) is 6.39. The van der Waals surface area contributed by atoms with E-state index in [1.807, 2.05) is 23.7 Å². The lowest BCUT2D eigenvalue weighted by molar-refractivity contribution is 0.236. The van der Waals surface area contributed by atoms with Gasteiger partial charge in [0.2, 0.25) is 0 Å². The van der Waals surface area contributed by atoms with Crippen LogP contribution >= 0.6 is 0 Å². The lowest BCUT2D eigenvalue weighted by Gasteiger charge is -2.42. The highest BCUT2D eigenvalue weighted by molar-refractivity contribution is 5.44. The summed E-state index contributed by atoms with van der Waals surface area (Å²) in [5.41, 5.74) is 8.31. The normalized spacial score (nSPS) is 17.4. The topological polar surface area (TPSA) is 56.7 Å². The summed E-state index contributed by atoms with van der Waals surface area (Å²) in [6.07, 6.45) is 6.42. The molecule has 0 amide bonds. The number of nitrogens with two attached hydrogens (primary N) is 1. The second-order valence-corrected chi connectivity index (χ2v) is 5.29. The first-order valence-electron chi connectivity index (χ1n) is 6.39. The number of aromatic nitrogens is 3. The van der Waals surface area contributed by atoms with E-state index in [9.17, 15) is 0 Å². The summed E-state index contributed by atoms with van der Waals surface area (Å²) in [4.78, 5) is 0. The quantitative estimate of drug-likeness (QED) is 0.838. The molecular weight excluding hydrogens is 224 g/mol. The van der Waals surface area contributed by atoms with Crippen molar-refractivity contribution in [3.8, 4) is 0 Å². The van der Waals surface area contributed by atoms with Crippen LogP contribution in [0.5, 0.6) is 0 Å². The largest absolute Gasteiger partial charge is 0.399 e. The number of anilines is 1. The van der Waals surface area contributed by atoms with Crippen LogP contribution in [0.25, 0.3) is 0 Å². The maximum atomic E-state index is 5.90. The SMILES string of the molecule is Cn1cnnc1CC1(c2cccc(N)c2)CCC1. The van der Waals surface area contributed by atoms with Gasteiger partial charge in [-0.1, -0.05) is 18.6 Å². The lowest BCUT2D eigenvalue weighted by Crippen LogP contribution is -2.37. The molecule has 3 rings (SSSR count). The summed E-state index contributed by atoms with van der Waals surface area (Å²) in [5.74, 6) is 1.05. The highest BCUT2D eigenvalue weighted by atomic mass is 15.2. The standard InChI is InChI=1S/C14H18N4/c1-18-10-16-17-13(18)9-14(6-3-7-14)11-4-2-5-12(15)8-11/h2,4-5,8,10H,3,6-7,9,15H2,1H3. The molecule has 0 spiro atoms. The highest BCUT2D eigenvalue weighted by Crippen LogP contribution is 2.46. The predicted octanol–water partition coefficient (Wildman–Crippen LogP) is 2.06. The van der Waals surface area contributed by atoms with E-state index in [4.69, 9.17) is 5.73 Å². The van der Waals surface area contributed by atoms with Crippen molar-refractivity contribution < 1.29 is 0 Å². The van der Waals surface area contributed by atoms with E-state index in [0.717, 1.165) is 17.9 Å². The average Bonchev–Trinajstić information content (AvgIpc) is 2.69. The number of nitrogen functional groups attached to an aromatic ring is 1.